The van der Waals surface area contributed by atoms with Gasteiger partial charge in [0.05, 0.1) is 18.9 Å². The molecular formula is C17H28N4O2. The molecule has 1 saturated heterocycles. The molecule has 0 bridgehead atoms. The van der Waals surface area contributed by atoms with E-state index in [0.29, 0.717) is 25.6 Å². The van der Waals surface area contributed by atoms with E-state index in [1.165, 1.54) is 17.2 Å². The number of ether oxygens (including phenoxy) is 1. The molecule has 3 heterocycles. The van der Waals surface area contributed by atoms with E-state index in [4.69, 9.17) is 9.72 Å². The molecule has 128 valence electrons. The zero-order valence-electron chi connectivity index (χ0n) is 14.5. The van der Waals surface area contributed by atoms with Crippen molar-refractivity contribution in [3.63, 3.8) is 0 Å². The molecule has 0 aliphatic carbocycles. The summed E-state index contributed by atoms with van der Waals surface area (Å²) in [5, 5.41) is 0. The Morgan fingerprint density at radius 3 is 2.70 bits per heavy atom. The van der Waals surface area contributed by atoms with Crippen LogP contribution in [0.2, 0.25) is 0 Å². The van der Waals surface area contributed by atoms with Gasteiger partial charge >= 0.3 is 0 Å². The second kappa shape index (κ2) is 7.01. The lowest BCUT2D eigenvalue weighted by atomic mass is 10.1. The van der Waals surface area contributed by atoms with Gasteiger partial charge in [0.2, 0.25) is 5.91 Å². The smallest absolute Gasteiger partial charge is 0.224 e. The third-order valence-electron chi connectivity index (χ3n) is 4.89. The second-order valence-electron chi connectivity index (χ2n) is 6.85. The van der Waals surface area contributed by atoms with E-state index in [1.807, 2.05) is 4.90 Å². The van der Waals surface area contributed by atoms with E-state index in [0.717, 1.165) is 39.1 Å². The fraction of sp³-hybridized carbons (Fsp3) is 0.765. The Kier molecular flexibility index (Phi) is 5.02. The van der Waals surface area contributed by atoms with Gasteiger partial charge in [-0.2, -0.15) is 0 Å². The summed E-state index contributed by atoms with van der Waals surface area (Å²) < 4.78 is 7.56. The monoisotopic (exact) mass is 320 g/mol. The summed E-state index contributed by atoms with van der Waals surface area (Å²) in [6.07, 6.45) is 1.62. The zero-order chi connectivity index (χ0) is 16.4. The van der Waals surface area contributed by atoms with Gasteiger partial charge in [-0.3, -0.25) is 9.69 Å². The first-order valence-electron chi connectivity index (χ1n) is 8.68. The summed E-state index contributed by atoms with van der Waals surface area (Å²) in [4.78, 5) is 21.4. The van der Waals surface area contributed by atoms with Gasteiger partial charge < -0.3 is 14.2 Å². The molecule has 1 amide bonds. The normalized spacial score (nSPS) is 19.2. The minimum atomic E-state index is 0.253. The highest BCUT2D eigenvalue weighted by Crippen LogP contribution is 2.23. The summed E-state index contributed by atoms with van der Waals surface area (Å²) >= 11 is 0. The number of aromatic nitrogens is 2. The Hall–Kier alpha value is -1.40. The molecule has 1 aromatic rings. The minimum absolute atomic E-state index is 0.253. The molecule has 0 N–H and O–H groups in total. The van der Waals surface area contributed by atoms with Crippen molar-refractivity contribution in [1.82, 2.24) is 19.4 Å². The summed E-state index contributed by atoms with van der Waals surface area (Å²) in [6, 6.07) is 0. The highest BCUT2D eigenvalue weighted by molar-refractivity contribution is 5.76. The van der Waals surface area contributed by atoms with Crippen molar-refractivity contribution in [3.05, 3.63) is 17.2 Å². The van der Waals surface area contributed by atoms with Crippen LogP contribution in [0.3, 0.4) is 0 Å². The van der Waals surface area contributed by atoms with Gasteiger partial charge in [-0.15, -0.1) is 0 Å². The maximum absolute atomic E-state index is 12.3. The Labute approximate surface area is 138 Å². The summed E-state index contributed by atoms with van der Waals surface area (Å²) in [5.41, 5.74) is 2.56. The maximum Gasteiger partial charge on any atom is 0.224 e. The highest BCUT2D eigenvalue weighted by atomic mass is 16.5. The van der Waals surface area contributed by atoms with Crippen molar-refractivity contribution in [2.45, 2.75) is 39.2 Å². The molecule has 23 heavy (non-hydrogen) atoms. The maximum atomic E-state index is 12.3. The molecule has 6 nitrogen and oxygen atoms in total. The van der Waals surface area contributed by atoms with Crippen molar-refractivity contribution in [2.24, 2.45) is 7.05 Å². The molecule has 2 aliphatic heterocycles. The molecule has 1 aromatic heterocycles. The topological polar surface area (TPSA) is 50.6 Å². The Morgan fingerprint density at radius 1 is 1.26 bits per heavy atom. The lowest BCUT2D eigenvalue weighted by Crippen LogP contribution is -2.42. The van der Waals surface area contributed by atoms with Gasteiger partial charge in [0, 0.05) is 64.2 Å². The van der Waals surface area contributed by atoms with E-state index < -0.39 is 0 Å². The molecule has 6 heteroatoms. The van der Waals surface area contributed by atoms with Gasteiger partial charge in [0.1, 0.15) is 5.82 Å². The molecule has 0 spiro atoms. The molecule has 0 saturated carbocycles. The number of carbonyl (C=O) groups excluding carboxylic acids is 1. The Bertz CT molecular complexity index is 561. The largest absolute Gasteiger partial charge is 0.378 e. The summed E-state index contributed by atoms with van der Waals surface area (Å²) in [6.45, 7) is 9.90. The number of morpholine rings is 1. The Morgan fingerprint density at radius 2 is 2.00 bits per heavy atom. The third kappa shape index (κ3) is 3.58. The highest BCUT2D eigenvalue weighted by Gasteiger charge is 2.24. The second-order valence-corrected chi connectivity index (χ2v) is 6.85. The molecular weight excluding hydrogens is 292 g/mol. The first-order valence-corrected chi connectivity index (χ1v) is 8.68. The van der Waals surface area contributed by atoms with E-state index >= 15 is 0 Å². The van der Waals surface area contributed by atoms with Gasteiger partial charge in [-0.05, 0) is 0 Å². The predicted molar refractivity (Wildman–Crippen MR) is 88.3 cm³/mol. The first kappa shape index (κ1) is 16.5. The van der Waals surface area contributed by atoms with Crippen LogP contribution >= 0.6 is 0 Å². The quantitative estimate of drug-likeness (QED) is 0.835. The number of imidazole rings is 1. The molecule has 0 atom stereocenters. The Balaban J connectivity index is 1.55. The number of carbonyl (C=O) groups is 1. The molecule has 1 fully saturated rings. The van der Waals surface area contributed by atoms with E-state index in [2.05, 4.69) is 30.4 Å². The van der Waals surface area contributed by atoms with Gasteiger partial charge in [-0.25, -0.2) is 4.98 Å². The number of nitrogens with zero attached hydrogens (tertiary/aromatic N) is 4. The zero-order valence-corrected chi connectivity index (χ0v) is 14.5. The van der Waals surface area contributed by atoms with Crippen molar-refractivity contribution < 1.29 is 9.53 Å². The van der Waals surface area contributed by atoms with E-state index in [9.17, 15) is 4.79 Å². The molecule has 0 radical (unpaired) electrons. The van der Waals surface area contributed by atoms with Crippen molar-refractivity contribution >= 4 is 5.91 Å². The van der Waals surface area contributed by atoms with Crippen LogP contribution in [0.15, 0.2) is 0 Å². The van der Waals surface area contributed by atoms with Crippen LogP contribution in [-0.2, 0) is 29.5 Å². The fourth-order valence-corrected chi connectivity index (χ4v) is 3.54. The van der Waals surface area contributed by atoms with Crippen LogP contribution in [0.5, 0.6) is 0 Å². The number of rotatable bonds is 4. The van der Waals surface area contributed by atoms with Crippen molar-refractivity contribution in [2.75, 3.05) is 39.4 Å². The number of fused-ring (bicyclic) bond motifs is 1. The minimum Gasteiger partial charge on any atom is -0.378 e. The standard InChI is InChI=1S/C17H28N4O2/c1-13(2)17-18-14-12-20(6-4-15(14)19(17)3)7-5-16(22)21-8-10-23-11-9-21/h13H,4-12H2,1-3H3. The van der Waals surface area contributed by atoms with Crippen LogP contribution in [0.25, 0.3) is 0 Å². The first-order chi connectivity index (χ1) is 11.1. The van der Waals surface area contributed by atoms with Gasteiger partial charge in [0.15, 0.2) is 0 Å². The van der Waals surface area contributed by atoms with Gasteiger partial charge in [-0.1, -0.05) is 13.8 Å². The van der Waals surface area contributed by atoms with Crippen LogP contribution in [0.4, 0.5) is 0 Å². The number of hydrogen-bond donors (Lipinski definition) is 0. The molecule has 0 aromatic carbocycles. The average molecular weight is 320 g/mol. The van der Waals surface area contributed by atoms with Gasteiger partial charge in [0.25, 0.3) is 0 Å². The van der Waals surface area contributed by atoms with Crippen molar-refractivity contribution in [3.8, 4) is 0 Å². The van der Waals surface area contributed by atoms with Crippen LogP contribution in [0, 0.1) is 0 Å². The lowest BCUT2D eigenvalue weighted by molar-refractivity contribution is -0.135. The summed E-state index contributed by atoms with van der Waals surface area (Å²) in [5.74, 6) is 1.87. The van der Waals surface area contributed by atoms with Crippen molar-refractivity contribution in [1.29, 1.82) is 0 Å². The van der Waals surface area contributed by atoms with Crippen LogP contribution < -0.4 is 0 Å². The van der Waals surface area contributed by atoms with Crippen LogP contribution in [0.1, 0.15) is 43.4 Å². The number of amides is 1. The van der Waals surface area contributed by atoms with E-state index in [1.54, 1.807) is 0 Å². The van der Waals surface area contributed by atoms with Crippen LogP contribution in [-0.4, -0.2) is 64.7 Å². The molecule has 3 rings (SSSR count). The van der Waals surface area contributed by atoms with E-state index in [-0.39, 0.29) is 5.91 Å². The number of hydrogen-bond acceptors (Lipinski definition) is 4. The third-order valence-corrected chi connectivity index (χ3v) is 4.89. The summed E-state index contributed by atoms with van der Waals surface area (Å²) in [7, 11) is 2.12. The fourth-order valence-electron chi connectivity index (χ4n) is 3.54. The SMILES string of the molecule is CC(C)c1nc2c(n1C)CCN(CCC(=O)N1CCOCC1)C2. The predicted octanol–water partition coefficient (Wildman–Crippen LogP) is 1.15. The lowest BCUT2D eigenvalue weighted by Gasteiger charge is -2.29. The molecule has 0 unspecified atom stereocenters. The molecule has 2 aliphatic rings. The average Bonchev–Trinajstić information content (AvgIpc) is 2.90.